The average Bonchev–Trinajstić information content (AvgIpc) is 2.98. The Balaban J connectivity index is 1.78. The van der Waals surface area contributed by atoms with Crippen LogP contribution in [0.5, 0.6) is 0 Å². The van der Waals surface area contributed by atoms with E-state index in [9.17, 15) is 10.1 Å². The SMILES string of the molecule is Cc1nc(C)c(C#N)c(SCCn2cnc3ccsc3c2=O)n1. The summed E-state index contributed by atoms with van der Waals surface area (Å²) in [5.74, 6) is 1.27. The van der Waals surface area contributed by atoms with Gasteiger partial charge in [-0.3, -0.25) is 9.36 Å². The maximum absolute atomic E-state index is 12.3. The van der Waals surface area contributed by atoms with Crippen LogP contribution in [0.4, 0.5) is 0 Å². The molecular weight excluding hydrogens is 330 g/mol. The molecule has 6 nitrogen and oxygen atoms in total. The van der Waals surface area contributed by atoms with Crippen LogP contribution in [0.25, 0.3) is 10.2 Å². The van der Waals surface area contributed by atoms with Crippen LogP contribution in [0.1, 0.15) is 17.1 Å². The van der Waals surface area contributed by atoms with Crippen molar-refractivity contribution in [3.05, 3.63) is 45.2 Å². The van der Waals surface area contributed by atoms with E-state index in [2.05, 4.69) is 21.0 Å². The van der Waals surface area contributed by atoms with Gasteiger partial charge in [-0.15, -0.1) is 23.1 Å². The van der Waals surface area contributed by atoms with Gasteiger partial charge in [0.25, 0.3) is 5.56 Å². The minimum Gasteiger partial charge on any atom is -0.297 e. The van der Waals surface area contributed by atoms with Crippen molar-refractivity contribution in [2.75, 3.05) is 5.75 Å². The minimum atomic E-state index is -0.0267. The molecule has 0 N–H and O–H groups in total. The van der Waals surface area contributed by atoms with Gasteiger partial charge in [0.2, 0.25) is 0 Å². The van der Waals surface area contributed by atoms with Crippen molar-refractivity contribution in [2.24, 2.45) is 0 Å². The summed E-state index contributed by atoms with van der Waals surface area (Å²) in [4.78, 5) is 25.1. The Kier molecular flexibility index (Phi) is 4.41. The van der Waals surface area contributed by atoms with E-state index in [1.54, 1.807) is 24.7 Å². The molecule has 0 amide bonds. The molecule has 0 atom stereocenters. The zero-order valence-electron chi connectivity index (χ0n) is 12.6. The van der Waals surface area contributed by atoms with E-state index in [1.807, 2.05) is 11.4 Å². The highest BCUT2D eigenvalue weighted by atomic mass is 32.2. The lowest BCUT2D eigenvalue weighted by Gasteiger charge is -2.07. The molecule has 116 valence electrons. The third kappa shape index (κ3) is 3.11. The summed E-state index contributed by atoms with van der Waals surface area (Å²) in [5, 5.41) is 11.8. The van der Waals surface area contributed by atoms with E-state index >= 15 is 0 Å². The van der Waals surface area contributed by atoms with Crippen LogP contribution in [0.3, 0.4) is 0 Å². The van der Waals surface area contributed by atoms with Gasteiger partial charge < -0.3 is 0 Å². The first-order chi connectivity index (χ1) is 11.1. The smallest absolute Gasteiger partial charge is 0.271 e. The van der Waals surface area contributed by atoms with E-state index in [-0.39, 0.29) is 5.56 Å². The maximum Gasteiger partial charge on any atom is 0.271 e. The third-order valence-corrected chi connectivity index (χ3v) is 5.13. The first-order valence-electron chi connectivity index (χ1n) is 6.91. The largest absolute Gasteiger partial charge is 0.297 e. The molecule has 0 saturated heterocycles. The summed E-state index contributed by atoms with van der Waals surface area (Å²) in [7, 11) is 0. The van der Waals surface area contributed by atoms with Gasteiger partial charge in [0.05, 0.1) is 17.5 Å². The molecule has 0 fully saturated rings. The van der Waals surface area contributed by atoms with E-state index in [0.717, 1.165) is 5.52 Å². The van der Waals surface area contributed by atoms with E-state index < -0.39 is 0 Å². The van der Waals surface area contributed by atoms with Gasteiger partial charge in [-0.1, -0.05) is 0 Å². The summed E-state index contributed by atoms with van der Waals surface area (Å²) in [6, 6.07) is 3.99. The monoisotopic (exact) mass is 343 g/mol. The highest BCUT2D eigenvalue weighted by Crippen LogP contribution is 2.22. The maximum atomic E-state index is 12.3. The Morgan fingerprint density at radius 3 is 3.00 bits per heavy atom. The fourth-order valence-electron chi connectivity index (χ4n) is 2.19. The van der Waals surface area contributed by atoms with Crippen LogP contribution in [0, 0.1) is 25.2 Å². The number of hydrogen-bond donors (Lipinski definition) is 0. The van der Waals surface area contributed by atoms with E-state index in [0.29, 0.717) is 39.1 Å². The summed E-state index contributed by atoms with van der Waals surface area (Å²) in [6.07, 6.45) is 1.57. The van der Waals surface area contributed by atoms with Crippen molar-refractivity contribution in [1.29, 1.82) is 5.26 Å². The lowest BCUT2D eigenvalue weighted by Crippen LogP contribution is -2.20. The molecule has 0 radical (unpaired) electrons. The Bertz CT molecular complexity index is 970. The molecule has 0 bridgehead atoms. The molecule has 3 aromatic heterocycles. The number of thiophene rings is 1. The Morgan fingerprint density at radius 1 is 1.39 bits per heavy atom. The lowest BCUT2D eigenvalue weighted by molar-refractivity contribution is 0.725. The number of hydrogen-bond acceptors (Lipinski definition) is 7. The van der Waals surface area contributed by atoms with Gasteiger partial charge in [0.1, 0.15) is 27.2 Å². The Hall–Kier alpha value is -2.24. The van der Waals surface area contributed by atoms with Crippen molar-refractivity contribution >= 4 is 33.3 Å². The van der Waals surface area contributed by atoms with Crippen LogP contribution in [0.2, 0.25) is 0 Å². The number of nitrogens with zero attached hydrogens (tertiary/aromatic N) is 5. The number of aromatic nitrogens is 4. The molecule has 0 aromatic carbocycles. The van der Waals surface area contributed by atoms with Crippen molar-refractivity contribution in [1.82, 2.24) is 19.5 Å². The summed E-state index contributed by atoms with van der Waals surface area (Å²) in [5.41, 5.74) is 1.89. The molecule has 0 spiro atoms. The fraction of sp³-hybridized carbons (Fsp3) is 0.267. The second kappa shape index (κ2) is 6.48. The topological polar surface area (TPSA) is 84.5 Å². The normalized spacial score (nSPS) is 10.8. The van der Waals surface area contributed by atoms with E-state index in [1.165, 1.54) is 23.1 Å². The quantitative estimate of drug-likeness (QED) is 0.534. The number of rotatable bonds is 4. The average molecular weight is 343 g/mol. The highest BCUT2D eigenvalue weighted by Gasteiger charge is 2.11. The number of thioether (sulfide) groups is 1. The van der Waals surface area contributed by atoms with Gasteiger partial charge in [0.15, 0.2) is 0 Å². The number of aryl methyl sites for hydroxylation is 3. The molecule has 0 aliphatic carbocycles. The van der Waals surface area contributed by atoms with Gasteiger partial charge in [-0.25, -0.2) is 15.0 Å². The molecule has 0 aliphatic heterocycles. The summed E-state index contributed by atoms with van der Waals surface area (Å²) < 4.78 is 2.27. The highest BCUT2D eigenvalue weighted by molar-refractivity contribution is 7.99. The van der Waals surface area contributed by atoms with Crippen LogP contribution in [-0.2, 0) is 6.54 Å². The second-order valence-electron chi connectivity index (χ2n) is 4.87. The first kappa shape index (κ1) is 15.6. The lowest BCUT2D eigenvalue weighted by atomic mass is 10.3. The molecule has 3 heterocycles. The fourth-order valence-corrected chi connectivity index (χ4v) is 4.00. The van der Waals surface area contributed by atoms with Crippen molar-refractivity contribution in [3.63, 3.8) is 0 Å². The Morgan fingerprint density at radius 2 is 2.22 bits per heavy atom. The predicted molar refractivity (Wildman–Crippen MR) is 90.8 cm³/mol. The number of nitriles is 1. The standard InChI is InChI=1S/C15H13N5OS2/c1-9-11(7-16)14(19-10(2)18-9)23-6-4-20-8-17-12-3-5-22-13(12)15(20)21/h3,5,8H,4,6H2,1-2H3. The van der Waals surface area contributed by atoms with E-state index in [4.69, 9.17) is 0 Å². The molecular formula is C15H13N5OS2. The molecule has 23 heavy (non-hydrogen) atoms. The van der Waals surface area contributed by atoms with Gasteiger partial charge in [0, 0.05) is 12.3 Å². The van der Waals surface area contributed by atoms with Gasteiger partial charge in [-0.2, -0.15) is 5.26 Å². The molecule has 8 heteroatoms. The summed E-state index contributed by atoms with van der Waals surface area (Å²) in [6.45, 7) is 4.12. The van der Waals surface area contributed by atoms with Crippen molar-refractivity contribution in [2.45, 2.75) is 25.4 Å². The van der Waals surface area contributed by atoms with Crippen LogP contribution in [0.15, 0.2) is 27.6 Å². The molecule has 0 saturated carbocycles. The molecule has 0 aliphatic rings. The third-order valence-electron chi connectivity index (χ3n) is 3.29. The predicted octanol–water partition coefficient (Wildman–Crippen LogP) is 2.53. The second-order valence-corrected chi connectivity index (χ2v) is 6.87. The van der Waals surface area contributed by atoms with Crippen LogP contribution in [-0.4, -0.2) is 25.3 Å². The molecule has 0 unspecified atom stereocenters. The molecule has 3 rings (SSSR count). The van der Waals surface area contributed by atoms with Crippen LogP contribution >= 0.6 is 23.1 Å². The zero-order valence-corrected chi connectivity index (χ0v) is 14.2. The van der Waals surface area contributed by atoms with Crippen molar-refractivity contribution < 1.29 is 0 Å². The Labute approximate surface area is 140 Å². The van der Waals surface area contributed by atoms with Gasteiger partial charge >= 0.3 is 0 Å². The van der Waals surface area contributed by atoms with Crippen LogP contribution < -0.4 is 5.56 Å². The minimum absolute atomic E-state index is 0.0267. The summed E-state index contributed by atoms with van der Waals surface area (Å²) >= 11 is 2.85. The first-order valence-corrected chi connectivity index (χ1v) is 8.77. The molecule has 3 aromatic rings. The van der Waals surface area contributed by atoms with Gasteiger partial charge in [-0.05, 0) is 25.3 Å². The number of fused-ring (bicyclic) bond motifs is 1. The van der Waals surface area contributed by atoms with Crippen molar-refractivity contribution in [3.8, 4) is 6.07 Å². The zero-order chi connectivity index (χ0) is 16.4.